The molecule has 1 saturated carbocycles. The number of hydrogen-bond acceptors (Lipinski definition) is 1. The minimum absolute atomic E-state index is 0.236. The minimum atomic E-state index is -0.236. The SMILES string of the molecule is CCC1CCC(Cn2c(=S)[nH]c3cc(Br)c(F)cc32)CC1. The van der Waals surface area contributed by atoms with Gasteiger partial charge in [-0.05, 0) is 58.9 Å². The first kappa shape index (κ1) is 15.2. The lowest BCUT2D eigenvalue weighted by molar-refractivity contribution is 0.248. The maximum Gasteiger partial charge on any atom is 0.178 e. The van der Waals surface area contributed by atoms with Crippen LogP contribution in [0, 0.1) is 22.4 Å². The van der Waals surface area contributed by atoms with Gasteiger partial charge in [0.05, 0.1) is 15.5 Å². The van der Waals surface area contributed by atoms with Crippen molar-refractivity contribution in [3.05, 3.63) is 27.2 Å². The molecule has 1 fully saturated rings. The van der Waals surface area contributed by atoms with Gasteiger partial charge in [0.15, 0.2) is 4.77 Å². The predicted molar refractivity (Wildman–Crippen MR) is 90.5 cm³/mol. The molecule has 1 aromatic heterocycles. The molecule has 1 aliphatic rings. The van der Waals surface area contributed by atoms with Crippen LogP contribution in [-0.4, -0.2) is 9.55 Å². The van der Waals surface area contributed by atoms with Crippen molar-refractivity contribution in [1.82, 2.24) is 9.55 Å². The summed E-state index contributed by atoms with van der Waals surface area (Å²) in [5, 5.41) is 0. The van der Waals surface area contributed by atoms with Gasteiger partial charge in [-0.15, -0.1) is 0 Å². The molecule has 1 heterocycles. The molecule has 3 rings (SSSR count). The second kappa shape index (κ2) is 6.21. The van der Waals surface area contributed by atoms with Crippen molar-refractivity contribution in [2.45, 2.75) is 45.6 Å². The van der Waals surface area contributed by atoms with Crippen molar-refractivity contribution in [2.24, 2.45) is 11.8 Å². The van der Waals surface area contributed by atoms with E-state index in [-0.39, 0.29) is 5.82 Å². The zero-order chi connectivity index (χ0) is 15.0. The second-order valence-corrected chi connectivity index (χ2v) is 7.36. The molecule has 114 valence electrons. The third-order valence-electron chi connectivity index (χ3n) is 4.80. The first-order valence-corrected chi connectivity index (χ1v) is 8.86. The Labute approximate surface area is 137 Å². The van der Waals surface area contributed by atoms with Gasteiger partial charge in [0.1, 0.15) is 5.82 Å². The van der Waals surface area contributed by atoms with Gasteiger partial charge in [-0.25, -0.2) is 4.39 Å². The van der Waals surface area contributed by atoms with E-state index in [0.717, 1.165) is 23.5 Å². The number of fused-ring (bicyclic) bond motifs is 1. The average molecular weight is 371 g/mol. The highest BCUT2D eigenvalue weighted by Crippen LogP contribution is 2.32. The summed E-state index contributed by atoms with van der Waals surface area (Å²) in [7, 11) is 0. The van der Waals surface area contributed by atoms with Crippen molar-refractivity contribution < 1.29 is 4.39 Å². The van der Waals surface area contributed by atoms with Crippen molar-refractivity contribution in [3.63, 3.8) is 0 Å². The van der Waals surface area contributed by atoms with Gasteiger partial charge in [-0.3, -0.25) is 0 Å². The number of aromatic amines is 1. The minimum Gasteiger partial charge on any atom is -0.331 e. The van der Waals surface area contributed by atoms with Gasteiger partial charge >= 0.3 is 0 Å². The number of H-pyrrole nitrogens is 1. The summed E-state index contributed by atoms with van der Waals surface area (Å²) in [6, 6.07) is 3.34. The van der Waals surface area contributed by atoms with E-state index in [1.54, 1.807) is 12.1 Å². The Kier molecular flexibility index (Phi) is 4.50. The van der Waals surface area contributed by atoms with Crippen LogP contribution in [-0.2, 0) is 6.54 Å². The van der Waals surface area contributed by atoms with Crippen LogP contribution in [0.15, 0.2) is 16.6 Å². The van der Waals surface area contributed by atoms with Crippen molar-refractivity contribution in [1.29, 1.82) is 0 Å². The summed E-state index contributed by atoms with van der Waals surface area (Å²) >= 11 is 8.65. The number of halogens is 2. The predicted octanol–water partition coefficient (Wildman–Crippen LogP) is 5.82. The van der Waals surface area contributed by atoms with E-state index >= 15 is 0 Å². The summed E-state index contributed by atoms with van der Waals surface area (Å²) in [4.78, 5) is 3.19. The highest BCUT2D eigenvalue weighted by Gasteiger charge is 2.21. The Morgan fingerprint density at radius 1 is 1.29 bits per heavy atom. The highest BCUT2D eigenvalue weighted by atomic mass is 79.9. The molecule has 2 aromatic rings. The lowest BCUT2D eigenvalue weighted by atomic mass is 9.81. The zero-order valence-electron chi connectivity index (χ0n) is 12.2. The van der Waals surface area contributed by atoms with Crippen LogP contribution in [0.1, 0.15) is 39.0 Å². The topological polar surface area (TPSA) is 20.7 Å². The van der Waals surface area contributed by atoms with Crippen molar-refractivity contribution >= 4 is 39.2 Å². The van der Waals surface area contributed by atoms with Crippen LogP contribution in [0.3, 0.4) is 0 Å². The molecule has 0 saturated heterocycles. The number of nitrogens with zero attached hydrogens (tertiary/aromatic N) is 1. The van der Waals surface area contributed by atoms with E-state index in [1.165, 1.54) is 32.1 Å². The first-order valence-electron chi connectivity index (χ1n) is 7.66. The van der Waals surface area contributed by atoms with E-state index in [4.69, 9.17) is 12.2 Å². The van der Waals surface area contributed by atoms with Crippen LogP contribution >= 0.6 is 28.1 Å². The van der Waals surface area contributed by atoms with E-state index in [2.05, 4.69) is 32.4 Å². The van der Waals surface area contributed by atoms with Crippen molar-refractivity contribution in [3.8, 4) is 0 Å². The Bertz CT molecular complexity index is 698. The molecule has 1 aromatic carbocycles. The molecule has 1 aliphatic carbocycles. The fraction of sp³-hybridized carbons (Fsp3) is 0.562. The van der Waals surface area contributed by atoms with Gasteiger partial charge in [-0.1, -0.05) is 26.2 Å². The van der Waals surface area contributed by atoms with Crippen LogP contribution in [0.4, 0.5) is 4.39 Å². The monoisotopic (exact) mass is 370 g/mol. The summed E-state index contributed by atoms with van der Waals surface area (Å²) in [5.74, 6) is 1.32. The fourth-order valence-corrected chi connectivity index (χ4v) is 4.04. The lowest BCUT2D eigenvalue weighted by Crippen LogP contribution is -2.18. The molecular formula is C16H20BrFN2S. The largest absolute Gasteiger partial charge is 0.331 e. The molecular weight excluding hydrogens is 351 g/mol. The maximum atomic E-state index is 13.8. The number of aromatic nitrogens is 2. The van der Waals surface area contributed by atoms with Crippen LogP contribution < -0.4 is 0 Å². The molecule has 0 unspecified atom stereocenters. The van der Waals surface area contributed by atoms with E-state index < -0.39 is 0 Å². The Morgan fingerprint density at radius 2 is 1.95 bits per heavy atom. The smallest absolute Gasteiger partial charge is 0.178 e. The first-order chi connectivity index (χ1) is 10.1. The van der Waals surface area contributed by atoms with Gasteiger partial charge in [0, 0.05) is 12.6 Å². The molecule has 2 nitrogen and oxygen atoms in total. The molecule has 0 atom stereocenters. The quantitative estimate of drug-likeness (QED) is 0.675. The number of nitrogens with one attached hydrogen (secondary N) is 1. The third kappa shape index (κ3) is 3.09. The molecule has 0 bridgehead atoms. The Morgan fingerprint density at radius 3 is 2.62 bits per heavy atom. The molecule has 0 spiro atoms. The summed E-state index contributed by atoms with van der Waals surface area (Å²) < 4.78 is 17.0. The number of rotatable bonds is 3. The van der Waals surface area contributed by atoms with Crippen molar-refractivity contribution in [2.75, 3.05) is 0 Å². The third-order valence-corrected chi connectivity index (χ3v) is 5.73. The Hall–Kier alpha value is -0.680. The summed E-state index contributed by atoms with van der Waals surface area (Å²) in [6.45, 7) is 3.18. The standard InChI is InChI=1S/C16H20BrFN2S/c1-2-10-3-5-11(6-4-10)9-20-15-8-13(18)12(17)7-14(15)19-16(20)21/h7-8,10-11H,2-6,9H2,1H3,(H,19,21). The fourth-order valence-electron chi connectivity index (χ4n) is 3.41. The summed E-state index contributed by atoms with van der Waals surface area (Å²) in [6.07, 6.45) is 6.43. The van der Waals surface area contributed by atoms with Crippen LogP contribution in [0.25, 0.3) is 11.0 Å². The van der Waals surface area contributed by atoms with E-state index in [9.17, 15) is 4.39 Å². The Balaban J connectivity index is 1.86. The molecule has 0 amide bonds. The molecule has 0 aliphatic heterocycles. The average Bonchev–Trinajstić information content (AvgIpc) is 2.76. The second-order valence-electron chi connectivity index (χ2n) is 6.12. The van der Waals surface area contributed by atoms with Gasteiger partial charge in [0.2, 0.25) is 0 Å². The lowest BCUT2D eigenvalue weighted by Gasteiger charge is -2.28. The van der Waals surface area contributed by atoms with E-state index in [1.807, 2.05) is 0 Å². The van der Waals surface area contributed by atoms with Gasteiger partial charge < -0.3 is 9.55 Å². The van der Waals surface area contributed by atoms with Gasteiger partial charge in [-0.2, -0.15) is 0 Å². The molecule has 1 N–H and O–H groups in total. The zero-order valence-corrected chi connectivity index (χ0v) is 14.6. The normalized spacial score (nSPS) is 22.8. The number of hydrogen-bond donors (Lipinski definition) is 1. The van der Waals surface area contributed by atoms with Gasteiger partial charge in [0.25, 0.3) is 0 Å². The maximum absolute atomic E-state index is 13.8. The highest BCUT2D eigenvalue weighted by molar-refractivity contribution is 9.10. The molecule has 5 heteroatoms. The molecule has 0 radical (unpaired) electrons. The molecule has 21 heavy (non-hydrogen) atoms. The number of imidazole rings is 1. The van der Waals surface area contributed by atoms with Crippen LogP contribution in [0.2, 0.25) is 0 Å². The van der Waals surface area contributed by atoms with Crippen LogP contribution in [0.5, 0.6) is 0 Å². The summed E-state index contributed by atoms with van der Waals surface area (Å²) in [5.41, 5.74) is 1.77. The number of benzene rings is 1. The van der Waals surface area contributed by atoms with E-state index in [0.29, 0.717) is 15.2 Å².